The number of halogens is 1. The third-order valence-electron chi connectivity index (χ3n) is 2.70. The molecule has 0 amide bonds. The third kappa shape index (κ3) is 3.85. The lowest BCUT2D eigenvalue weighted by Crippen LogP contribution is -2.16. The van der Waals surface area contributed by atoms with E-state index in [1.807, 2.05) is 0 Å². The average molecular weight is 324 g/mol. The van der Waals surface area contributed by atoms with Gasteiger partial charge in [-0.15, -0.1) is 0 Å². The van der Waals surface area contributed by atoms with Crippen LogP contribution in [0, 0.1) is 6.92 Å². The summed E-state index contributed by atoms with van der Waals surface area (Å²) in [6.07, 6.45) is 0. The van der Waals surface area contributed by atoms with Gasteiger partial charge in [0.2, 0.25) is 5.78 Å². The highest BCUT2D eigenvalue weighted by atomic mass is 35.5. The van der Waals surface area contributed by atoms with E-state index in [2.05, 4.69) is 5.16 Å². The summed E-state index contributed by atoms with van der Waals surface area (Å²) in [5.74, 6) is -0.186. The van der Waals surface area contributed by atoms with Crippen molar-refractivity contribution in [3.8, 4) is 5.75 Å². The molecule has 6 nitrogen and oxygen atoms in total. The Morgan fingerprint density at radius 1 is 1.32 bits per heavy atom. The van der Waals surface area contributed by atoms with E-state index in [0.29, 0.717) is 10.8 Å². The van der Waals surface area contributed by atoms with Crippen LogP contribution in [0.25, 0.3) is 0 Å². The first-order chi connectivity index (χ1) is 10.5. The maximum atomic E-state index is 12.4. The zero-order chi connectivity index (χ0) is 16.1. The molecule has 0 aliphatic carbocycles. The Hall–Kier alpha value is -2.34. The Morgan fingerprint density at radius 2 is 2.09 bits per heavy atom. The summed E-state index contributed by atoms with van der Waals surface area (Å²) in [7, 11) is 0. The molecule has 0 saturated heterocycles. The molecular formula is C15H14ClNO5. The summed E-state index contributed by atoms with van der Waals surface area (Å²) in [4.78, 5) is 23.8. The molecule has 0 saturated carbocycles. The number of aromatic nitrogens is 1. The molecule has 0 atom stereocenters. The summed E-state index contributed by atoms with van der Waals surface area (Å²) in [6, 6.07) is 6.04. The topological polar surface area (TPSA) is 78.6 Å². The summed E-state index contributed by atoms with van der Waals surface area (Å²) in [5.41, 5.74) is 0.339. The smallest absolute Gasteiger partial charge is 0.344 e. The van der Waals surface area contributed by atoms with Gasteiger partial charge in [-0.2, -0.15) is 0 Å². The van der Waals surface area contributed by atoms with Crippen LogP contribution in [0.15, 0.2) is 28.8 Å². The number of ether oxygens (including phenoxy) is 2. The molecule has 22 heavy (non-hydrogen) atoms. The Bertz CT molecular complexity index is 695. The van der Waals surface area contributed by atoms with E-state index in [9.17, 15) is 9.59 Å². The predicted octanol–water partition coefficient (Wildman–Crippen LogP) is 2.81. The highest BCUT2D eigenvalue weighted by molar-refractivity contribution is 6.31. The fourth-order valence-corrected chi connectivity index (χ4v) is 1.93. The molecule has 0 radical (unpaired) electrons. The zero-order valence-corrected chi connectivity index (χ0v) is 12.8. The highest BCUT2D eigenvalue weighted by Crippen LogP contribution is 2.25. The second-order valence-electron chi connectivity index (χ2n) is 4.39. The van der Waals surface area contributed by atoms with Crippen LogP contribution in [0.4, 0.5) is 0 Å². The van der Waals surface area contributed by atoms with Crippen molar-refractivity contribution in [2.24, 2.45) is 0 Å². The van der Waals surface area contributed by atoms with Gasteiger partial charge in [-0.3, -0.25) is 4.79 Å². The van der Waals surface area contributed by atoms with Crippen LogP contribution in [-0.2, 0) is 9.53 Å². The summed E-state index contributed by atoms with van der Waals surface area (Å²) < 4.78 is 15.0. The van der Waals surface area contributed by atoms with Crippen LogP contribution >= 0.6 is 11.6 Å². The molecule has 2 rings (SSSR count). The van der Waals surface area contributed by atoms with Gasteiger partial charge in [0.05, 0.1) is 12.2 Å². The monoisotopic (exact) mass is 323 g/mol. The minimum absolute atomic E-state index is 0.140. The molecule has 0 unspecified atom stereocenters. The molecule has 0 bridgehead atoms. The zero-order valence-electron chi connectivity index (χ0n) is 12.1. The number of benzene rings is 1. The summed E-state index contributed by atoms with van der Waals surface area (Å²) in [6.45, 7) is 3.34. The van der Waals surface area contributed by atoms with Crippen molar-refractivity contribution in [2.75, 3.05) is 13.2 Å². The number of carbonyl (C=O) groups excluding carboxylic acids is 2. The molecule has 0 spiro atoms. The fraction of sp³-hybridized carbons (Fsp3) is 0.267. The van der Waals surface area contributed by atoms with E-state index in [0.717, 1.165) is 0 Å². The quantitative estimate of drug-likeness (QED) is 0.601. The number of aryl methyl sites for hydroxylation is 1. The van der Waals surface area contributed by atoms with E-state index in [-0.39, 0.29) is 30.2 Å². The first kappa shape index (κ1) is 16.0. The van der Waals surface area contributed by atoms with Crippen LogP contribution < -0.4 is 4.74 Å². The molecule has 0 N–H and O–H groups in total. The largest absolute Gasteiger partial charge is 0.481 e. The van der Waals surface area contributed by atoms with E-state index >= 15 is 0 Å². The molecule has 116 valence electrons. The lowest BCUT2D eigenvalue weighted by Gasteiger charge is -2.10. The van der Waals surface area contributed by atoms with E-state index in [1.165, 1.54) is 18.2 Å². The van der Waals surface area contributed by atoms with Gasteiger partial charge < -0.3 is 14.0 Å². The minimum atomic E-state index is -0.520. The van der Waals surface area contributed by atoms with Crippen molar-refractivity contribution < 1.29 is 23.6 Å². The van der Waals surface area contributed by atoms with E-state index < -0.39 is 11.8 Å². The van der Waals surface area contributed by atoms with E-state index in [1.54, 1.807) is 19.9 Å². The second-order valence-corrected chi connectivity index (χ2v) is 4.82. The SMILES string of the molecule is CCOC(=O)COc1ccc(Cl)cc1C(=O)c1cc(C)on1. The van der Waals surface area contributed by atoms with Crippen molar-refractivity contribution in [3.05, 3.63) is 46.3 Å². The van der Waals surface area contributed by atoms with Crippen LogP contribution in [0.3, 0.4) is 0 Å². The molecule has 0 aliphatic heterocycles. The van der Waals surface area contributed by atoms with Gasteiger partial charge in [0, 0.05) is 11.1 Å². The first-order valence-electron chi connectivity index (χ1n) is 6.57. The number of ketones is 1. The van der Waals surface area contributed by atoms with Gasteiger partial charge in [-0.25, -0.2) is 4.79 Å². The van der Waals surface area contributed by atoms with Crippen LogP contribution in [-0.4, -0.2) is 30.1 Å². The number of esters is 1. The lowest BCUT2D eigenvalue weighted by atomic mass is 10.1. The van der Waals surface area contributed by atoms with Gasteiger partial charge in [-0.1, -0.05) is 16.8 Å². The normalized spacial score (nSPS) is 10.3. The summed E-state index contributed by atoms with van der Waals surface area (Å²) in [5, 5.41) is 4.04. The number of hydrogen-bond acceptors (Lipinski definition) is 6. The van der Waals surface area contributed by atoms with Crippen molar-refractivity contribution >= 4 is 23.4 Å². The molecule has 1 aromatic carbocycles. The second kappa shape index (κ2) is 7.09. The van der Waals surface area contributed by atoms with Gasteiger partial charge >= 0.3 is 5.97 Å². The molecule has 7 heteroatoms. The lowest BCUT2D eigenvalue weighted by molar-refractivity contribution is -0.145. The molecule has 1 aromatic heterocycles. The Labute approximate surface area is 131 Å². The molecule has 2 aromatic rings. The van der Waals surface area contributed by atoms with E-state index in [4.69, 9.17) is 25.6 Å². The van der Waals surface area contributed by atoms with Crippen molar-refractivity contribution in [1.29, 1.82) is 0 Å². The van der Waals surface area contributed by atoms with Gasteiger partial charge in [0.25, 0.3) is 0 Å². The predicted molar refractivity (Wildman–Crippen MR) is 78.3 cm³/mol. The Balaban J connectivity index is 2.24. The molecule has 0 fully saturated rings. The Kier molecular flexibility index (Phi) is 5.16. The standard InChI is InChI=1S/C15H14ClNO5/c1-3-20-14(18)8-21-13-5-4-10(16)7-11(13)15(19)12-6-9(2)22-17-12/h4-7H,3,8H2,1-2H3. The van der Waals surface area contributed by atoms with Crippen molar-refractivity contribution in [2.45, 2.75) is 13.8 Å². The Morgan fingerprint density at radius 3 is 2.73 bits per heavy atom. The first-order valence-corrected chi connectivity index (χ1v) is 6.95. The van der Waals surface area contributed by atoms with Crippen molar-refractivity contribution in [3.63, 3.8) is 0 Å². The van der Waals surface area contributed by atoms with Crippen LogP contribution in [0.2, 0.25) is 5.02 Å². The fourth-order valence-electron chi connectivity index (χ4n) is 1.76. The van der Waals surface area contributed by atoms with Gasteiger partial charge in [0.15, 0.2) is 12.3 Å². The molecular weight excluding hydrogens is 310 g/mol. The number of hydrogen-bond donors (Lipinski definition) is 0. The number of nitrogens with zero attached hydrogens (tertiary/aromatic N) is 1. The van der Waals surface area contributed by atoms with Crippen LogP contribution in [0.5, 0.6) is 5.75 Å². The molecule has 1 heterocycles. The third-order valence-corrected chi connectivity index (χ3v) is 2.93. The average Bonchev–Trinajstić information content (AvgIpc) is 2.92. The van der Waals surface area contributed by atoms with Gasteiger partial charge in [-0.05, 0) is 32.0 Å². The summed E-state index contributed by atoms with van der Waals surface area (Å²) >= 11 is 5.92. The highest BCUT2D eigenvalue weighted by Gasteiger charge is 2.19. The number of carbonyl (C=O) groups is 2. The van der Waals surface area contributed by atoms with Gasteiger partial charge in [0.1, 0.15) is 11.5 Å². The van der Waals surface area contributed by atoms with Crippen molar-refractivity contribution in [1.82, 2.24) is 5.16 Å². The van der Waals surface area contributed by atoms with Crippen LogP contribution in [0.1, 0.15) is 28.7 Å². The number of rotatable bonds is 6. The maximum absolute atomic E-state index is 12.4. The minimum Gasteiger partial charge on any atom is -0.481 e. The molecule has 0 aliphatic rings. The maximum Gasteiger partial charge on any atom is 0.344 e.